The Morgan fingerprint density at radius 2 is 1.82 bits per heavy atom. The van der Waals surface area contributed by atoms with Gasteiger partial charge in [-0.1, -0.05) is 29.8 Å². The van der Waals surface area contributed by atoms with Crippen molar-refractivity contribution in [3.05, 3.63) is 81.6 Å². The number of benzene rings is 2. The lowest BCUT2D eigenvalue weighted by Crippen LogP contribution is -2.31. The van der Waals surface area contributed by atoms with Crippen LogP contribution in [0.5, 0.6) is 11.6 Å². The van der Waals surface area contributed by atoms with Gasteiger partial charge in [0, 0.05) is 6.54 Å². The van der Waals surface area contributed by atoms with Gasteiger partial charge in [0.2, 0.25) is 11.3 Å². The van der Waals surface area contributed by atoms with E-state index in [0.717, 1.165) is 11.1 Å². The number of ether oxygens (including phenoxy) is 2. The molecular weight excluding hydrogens is 358 g/mol. The van der Waals surface area contributed by atoms with Crippen molar-refractivity contribution in [1.29, 1.82) is 0 Å². The second kappa shape index (κ2) is 8.39. The molecule has 0 aliphatic carbocycles. The molecule has 3 rings (SSSR count). The van der Waals surface area contributed by atoms with Crippen molar-refractivity contribution in [1.82, 2.24) is 15.1 Å². The van der Waals surface area contributed by atoms with Gasteiger partial charge in [-0.25, -0.2) is 4.68 Å². The minimum absolute atomic E-state index is 0.204. The van der Waals surface area contributed by atoms with Crippen LogP contribution in [0, 0.1) is 6.92 Å². The highest BCUT2D eigenvalue weighted by molar-refractivity contribution is 5.92. The summed E-state index contributed by atoms with van der Waals surface area (Å²) in [4.78, 5) is 24.9. The maximum absolute atomic E-state index is 12.6. The van der Waals surface area contributed by atoms with E-state index in [2.05, 4.69) is 10.4 Å². The van der Waals surface area contributed by atoms with E-state index in [1.807, 2.05) is 31.2 Å². The zero-order valence-electron chi connectivity index (χ0n) is 15.9. The van der Waals surface area contributed by atoms with Gasteiger partial charge in [0.05, 0.1) is 26.0 Å². The first-order chi connectivity index (χ1) is 13.5. The molecule has 0 saturated heterocycles. The largest absolute Gasteiger partial charge is 0.497 e. The quantitative estimate of drug-likeness (QED) is 0.712. The fourth-order valence-corrected chi connectivity index (χ4v) is 2.74. The normalized spacial score (nSPS) is 10.4. The van der Waals surface area contributed by atoms with Crippen LogP contribution in [-0.4, -0.2) is 29.9 Å². The molecular formula is C21H21N3O4. The predicted octanol–water partition coefficient (Wildman–Crippen LogP) is 2.49. The van der Waals surface area contributed by atoms with Crippen LogP contribution in [0.25, 0.3) is 5.69 Å². The second-order valence-corrected chi connectivity index (χ2v) is 6.18. The molecule has 1 heterocycles. The number of amides is 1. The molecule has 0 saturated carbocycles. The fourth-order valence-electron chi connectivity index (χ4n) is 2.74. The third-order valence-corrected chi connectivity index (χ3v) is 4.17. The molecule has 1 amide bonds. The van der Waals surface area contributed by atoms with E-state index in [-0.39, 0.29) is 11.6 Å². The van der Waals surface area contributed by atoms with E-state index < -0.39 is 11.3 Å². The molecule has 0 spiro atoms. The van der Waals surface area contributed by atoms with Gasteiger partial charge < -0.3 is 14.8 Å². The molecule has 144 valence electrons. The van der Waals surface area contributed by atoms with Crippen molar-refractivity contribution in [2.45, 2.75) is 13.5 Å². The van der Waals surface area contributed by atoms with Crippen LogP contribution >= 0.6 is 0 Å². The zero-order chi connectivity index (χ0) is 20.1. The number of carbonyl (C=O) groups excluding carboxylic acids is 1. The van der Waals surface area contributed by atoms with Gasteiger partial charge in [0.1, 0.15) is 5.75 Å². The summed E-state index contributed by atoms with van der Waals surface area (Å²) in [5, 5.41) is 6.97. The Balaban J connectivity index is 1.89. The monoisotopic (exact) mass is 379 g/mol. The van der Waals surface area contributed by atoms with Crippen molar-refractivity contribution in [2.24, 2.45) is 0 Å². The summed E-state index contributed by atoms with van der Waals surface area (Å²) in [6, 6.07) is 16.0. The zero-order valence-corrected chi connectivity index (χ0v) is 15.9. The number of hydrogen-bond acceptors (Lipinski definition) is 5. The predicted molar refractivity (Wildman–Crippen MR) is 105 cm³/mol. The van der Waals surface area contributed by atoms with Crippen molar-refractivity contribution in [2.75, 3.05) is 14.2 Å². The van der Waals surface area contributed by atoms with Crippen LogP contribution < -0.4 is 20.2 Å². The van der Waals surface area contributed by atoms with Gasteiger partial charge in [-0.2, -0.15) is 5.10 Å². The van der Waals surface area contributed by atoms with Crippen LogP contribution in [0.1, 0.15) is 21.6 Å². The summed E-state index contributed by atoms with van der Waals surface area (Å²) in [5.74, 6) is 0.363. The third-order valence-electron chi connectivity index (χ3n) is 4.17. The Morgan fingerprint density at radius 1 is 1.07 bits per heavy atom. The Bertz CT molecular complexity index is 1040. The van der Waals surface area contributed by atoms with Gasteiger partial charge in [-0.3, -0.25) is 9.59 Å². The van der Waals surface area contributed by atoms with E-state index in [4.69, 9.17) is 9.47 Å². The smallest absolute Gasteiger partial charge is 0.276 e. The summed E-state index contributed by atoms with van der Waals surface area (Å²) in [6.07, 6.45) is 0. The molecule has 0 bridgehead atoms. The van der Waals surface area contributed by atoms with E-state index in [1.165, 1.54) is 17.9 Å². The lowest BCUT2D eigenvalue weighted by Gasteiger charge is -2.13. The van der Waals surface area contributed by atoms with Crippen LogP contribution in [0.4, 0.5) is 0 Å². The maximum Gasteiger partial charge on any atom is 0.276 e. The number of carbonyl (C=O) groups is 1. The molecule has 0 atom stereocenters. The molecule has 1 aromatic heterocycles. The van der Waals surface area contributed by atoms with Crippen molar-refractivity contribution < 1.29 is 14.3 Å². The number of hydrogen-bond donors (Lipinski definition) is 1. The minimum atomic E-state index is -0.545. The molecule has 0 unspecified atom stereocenters. The van der Waals surface area contributed by atoms with E-state index in [1.54, 1.807) is 31.4 Å². The molecule has 0 fully saturated rings. The number of rotatable bonds is 6. The van der Waals surface area contributed by atoms with Crippen molar-refractivity contribution >= 4 is 5.91 Å². The Morgan fingerprint density at radius 3 is 2.46 bits per heavy atom. The lowest BCUT2D eigenvalue weighted by molar-refractivity contribution is 0.0942. The SMILES string of the molecule is COc1ccc(-n2nc(C(=O)NCc3cccc(C)c3)c(=O)cc2OC)cc1. The average Bonchev–Trinajstić information content (AvgIpc) is 2.72. The molecule has 3 aromatic rings. The van der Waals surface area contributed by atoms with Gasteiger partial charge in [-0.15, -0.1) is 0 Å². The third kappa shape index (κ3) is 4.20. The standard InChI is InChI=1S/C21H21N3O4/c1-14-5-4-6-15(11-14)13-22-21(26)20-18(25)12-19(28-3)24(23-20)16-7-9-17(27-2)10-8-16/h4-12H,13H2,1-3H3,(H,22,26). The summed E-state index contributed by atoms with van der Waals surface area (Å²) >= 11 is 0. The summed E-state index contributed by atoms with van der Waals surface area (Å²) < 4.78 is 11.8. The molecule has 0 aliphatic rings. The highest BCUT2D eigenvalue weighted by atomic mass is 16.5. The molecule has 2 aromatic carbocycles. The Kier molecular flexibility index (Phi) is 5.74. The minimum Gasteiger partial charge on any atom is -0.497 e. The Labute approximate surface area is 162 Å². The Hall–Kier alpha value is -3.61. The van der Waals surface area contributed by atoms with Gasteiger partial charge in [-0.05, 0) is 36.8 Å². The fraction of sp³-hybridized carbons (Fsp3) is 0.190. The second-order valence-electron chi connectivity index (χ2n) is 6.18. The summed E-state index contributed by atoms with van der Waals surface area (Å²) in [6.45, 7) is 2.28. The number of methoxy groups -OCH3 is 2. The van der Waals surface area contributed by atoms with Crippen LogP contribution in [0.2, 0.25) is 0 Å². The van der Waals surface area contributed by atoms with E-state index in [0.29, 0.717) is 18.0 Å². The highest BCUT2D eigenvalue weighted by Crippen LogP contribution is 2.18. The van der Waals surface area contributed by atoms with Crippen molar-refractivity contribution in [3.8, 4) is 17.3 Å². The molecule has 1 N–H and O–H groups in total. The maximum atomic E-state index is 12.6. The van der Waals surface area contributed by atoms with Gasteiger partial charge in [0.25, 0.3) is 5.91 Å². The van der Waals surface area contributed by atoms with Gasteiger partial charge >= 0.3 is 0 Å². The molecule has 7 nitrogen and oxygen atoms in total. The van der Waals surface area contributed by atoms with Crippen molar-refractivity contribution in [3.63, 3.8) is 0 Å². The molecule has 0 radical (unpaired) electrons. The first kappa shape index (κ1) is 19.2. The molecule has 7 heteroatoms. The molecule has 28 heavy (non-hydrogen) atoms. The van der Waals surface area contributed by atoms with E-state index >= 15 is 0 Å². The number of nitrogens with zero attached hydrogens (tertiary/aromatic N) is 2. The average molecular weight is 379 g/mol. The topological polar surface area (TPSA) is 82.5 Å². The summed E-state index contributed by atoms with van der Waals surface area (Å²) in [5.41, 5.74) is 1.95. The number of aromatic nitrogens is 2. The van der Waals surface area contributed by atoms with Gasteiger partial charge in [0.15, 0.2) is 5.69 Å². The van der Waals surface area contributed by atoms with E-state index in [9.17, 15) is 9.59 Å². The number of aryl methyl sites for hydroxylation is 1. The van der Waals surface area contributed by atoms with Crippen LogP contribution in [0.3, 0.4) is 0 Å². The van der Waals surface area contributed by atoms with Crippen LogP contribution in [0.15, 0.2) is 59.4 Å². The highest BCUT2D eigenvalue weighted by Gasteiger charge is 2.17. The summed E-state index contributed by atoms with van der Waals surface area (Å²) in [7, 11) is 3.01. The van der Waals surface area contributed by atoms with Crippen LogP contribution in [-0.2, 0) is 6.54 Å². The number of nitrogens with one attached hydrogen (secondary N) is 1. The molecule has 0 aliphatic heterocycles. The first-order valence-electron chi connectivity index (χ1n) is 8.68. The first-order valence-corrected chi connectivity index (χ1v) is 8.68. The lowest BCUT2D eigenvalue weighted by atomic mass is 10.1.